The molecule has 0 unspecified atom stereocenters. The topological polar surface area (TPSA) is 274 Å². The molecule has 2 heterocycles. The molecule has 56 heavy (non-hydrogen) atoms. The summed E-state index contributed by atoms with van der Waals surface area (Å²) in [6.07, 6.45) is 1.21. The average molecular weight is 792 g/mol. The number of carbonyl (C=O) groups excluding carboxylic acids is 6. The summed E-state index contributed by atoms with van der Waals surface area (Å²) in [7, 11) is 0. The van der Waals surface area contributed by atoms with Crippen molar-refractivity contribution in [3.05, 3.63) is 83.3 Å². The Morgan fingerprint density at radius 2 is 1.38 bits per heavy atom. The molecule has 0 spiro atoms. The van der Waals surface area contributed by atoms with Crippen molar-refractivity contribution in [1.82, 2.24) is 36.6 Å². The van der Waals surface area contributed by atoms with E-state index in [0.29, 0.717) is 29.9 Å². The minimum absolute atomic E-state index is 0.161. The SMILES string of the molecule is C[C@H](NC(=O)[C@@H](NC(=O)[C@H](CN)NC(=O)c1ccc(-c2ccc(Cl)cc2)cc1)[C@@H](C)O)C(=O)N[C@@H](CCCCN)C(=O)N[C@@H](C)C(=O)c1nc2cccnc2o1. The molecule has 298 valence electrons. The van der Waals surface area contributed by atoms with Gasteiger partial charge in [0, 0.05) is 23.3 Å². The quantitative estimate of drug-likeness (QED) is 0.0488. The summed E-state index contributed by atoms with van der Waals surface area (Å²) in [5, 5.41) is 23.5. The molecule has 4 aromatic rings. The Morgan fingerprint density at radius 3 is 1.98 bits per heavy atom. The van der Waals surface area contributed by atoms with E-state index in [9.17, 15) is 33.9 Å². The van der Waals surface area contributed by atoms with Gasteiger partial charge >= 0.3 is 0 Å². The molecule has 0 bridgehead atoms. The van der Waals surface area contributed by atoms with E-state index in [2.05, 4.69) is 36.6 Å². The second-order valence-electron chi connectivity index (χ2n) is 13.1. The third-order valence-corrected chi connectivity index (χ3v) is 8.96. The average Bonchev–Trinajstić information content (AvgIpc) is 3.62. The van der Waals surface area contributed by atoms with E-state index in [1.165, 1.54) is 27.0 Å². The van der Waals surface area contributed by atoms with Crippen LogP contribution in [-0.2, 0) is 19.2 Å². The lowest BCUT2D eigenvalue weighted by Gasteiger charge is -2.26. The van der Waals surface area contributed by atoms with Gasteiger partial charge in [0.2, 0.25) is 35.1 Å². The minimum atomic E-state index is -1.56. The summed E-state index contributed by atoms with van der Waals surface area (Å²) in [6, 6.07) is 10.7. The molecular formula is C38H46ClN9O8. The molecule has 6 atom stereocenters. The number of halogens is 1. The molecule has 2 aromatic heterocycles. The molecular weight excluding hydrogens is 746 g/mol. The highest BCUT2D eigenvalue weighted by atomic mass is 35.5. The molecule has 10 N–H and O–H groups in total. The number of nitrogens with one attached hydrogen (secondary N) is 5. The smallest absolute Gasteiger partial charge is 0.267 e. The van der Waals surface area contributed by atoms with Gasteiger partial charge in [-0.05, 0) is 94.1 Å². The maximum Gasteiger partial charge on any atom is 0.267 e. The van der Waals surface area contributed by atoms with Crippen molar-refractivity contribution in [3.8, 4) is 11.1 Å². The predicted octanol–water partition coefficient (Wildman–Crippen LogP) is 0.972. The normalized spacial score (nSPS) is 14.3. The number of aliphatic hydroxyl groups is 1. The molecule has 0 radical (unpaired) electrons. The molecule has 0 aliphatic carbocycles. The number of unbranched alkanes of at least 4 members (excludes halogenated alkanes) is 1. The van der Waals surface area contributed by atoms with Crippen LogP contribution in [0.25, 0.3) is 22.4 Å². The first kappa shape index (κ1) is 43.0. The van der Waals surface area contributed by atoms with Crippen molar-refractivity contribution >= 4 is 58.2 Å². The first-order valence-electron chi connectivity index (χ1n) is 17.9. The lowest BCUT2D eigenvalue weighted by Crippen LogP contribution is -2.61. The molecule has 0 aliphatic heterocycles. The van der Waals surface area contributed by atoms with Gasteiger partial charge in [0.15, 0.2) is 0 Å². The van der Waals surface area contributed by atoms with E-state index in [1.54, 1.807) is 48.5 Å². The number of nitrogens with two attached hydrogens (primary N) is 2. The van der Waals surface area contributed by atoms with E-state index in [4.69, 9.17) is 27.5 Å². The number of pyridine rings is 1. The van der Waals surface area contributed by atoms with Gasteiger partial charge in [0.25, 0.3) is 11.8 Å². The minimum Gasteiger partial charge on any atom is -0.415 e. The summed E-state index contributed by atoms with van der Waals surface area (Å²) >= 11 is 5.96. The molecule has 0 aliphatic rings. The van der Waals surface area contributed by atoms with Gasteiger partial charge in [-0.15, -0.1) is 0 Å². The maximum absolute atomic E-state index is 13.3. The van der Waals surface area contributed by atoms with Crippen LogP contribution in [0.2, 0.25) is 5.02 Å². The van der Waals surface area contributed by atoms with E-state index in [1.807, 2.05) is 12.1 Å². The number of rotatable bonds is 19. The van der Waals surface area contributed by atoms with Crippen molar-refractivity contribution in [2.75, 3.05) is 13.1 Å². The van der Waals surface area contributed by atoms with Crippen molar-refractivity contribution in [1.29, 1.82) is 0 Å². The van der Waals surface area contributed by atoms with Crippen molar-refractivity contribution < 1.29 is 38.3 Å². The number of aliphatic hydroxyl groups excluding tert-OH is 1. The van der Waals surface area contributed by atoms with Crippen LogP contribution in [0.1, 0.15) is 61.1 Å². The number of Topliss-reactive ketones (excluding diaryl/α,β-unsaturated/α-hetero) is 1. The number of carbonyl (C=O) groups is 6. The van der Waals surface area contributed by atoms with Gasteiger partial charge in [-0.3, -0.25) is 28.8 Å². The molecule has 0 saturated carbocycles. The molecule has 17 nitrogen and oxygen atoms in total. The Kier molecular flexibility index (Phi) is 15.5. The van der Waals surface area contributed by atoms with Gasteiger partial charge in [-0.2, -0.15) is 0 Å². The number of aromatic nitrogens is 2. The fourth-order valence-corrected chi connectivity index (χ4v) is 5.58. The zero-order chi connectivity index (χ0) is 40.9. The number of hydrogen-bond donors (Lipinski definition) is 8. The summed E-state index contributed by atoms with van der Waals surface area (Å²) in [6.45, 7) is 4.05. The molecule has 18 heteroatoms. The summed E-state index contributed by atoms with van der Waals surface area (Å²) in [4.78, 5) is 87.1. The number of ketones is 1. The van der Waals surface area contributed by atoms with Crippen LogP contribution in [0.4, 0.5) is 0 Å². The fraction of sp³-hybridized carbons (Fsp3) is 0.368. The number of hydrogen-bond acceptors (Lipinski definition) is 12. The second-order valence-corrected chi connectivity index (χ2v) is 13.5. The van der Waals surface area contributed by atoms with Gasteiger partial charge in [0.05, 0.1) is 12.1 Å². The Bertz CT molecular complexity index is 1970. The standard InChI is InChI=1S/C38H46ClN9O8/c1-20(31(50)38-47-28-8-6-18-42-37(28)56-38)43-34(53)27(7-4-5-17-40)45-32(51)21(2)44-36(55)30(22(3)49)48-35(54)29(19-41)46-33(52)25-11-9-23(10-12-25)24-13-15-26(39)16-14-24/h6,8-16,18,20-22,27,29-30,49H,4-5,7,17,19,40-41H2,1-3H3,(H,43,53)(H,44,55)(H,45,51)(H,46,52)(H,48,54)/t20-,21-,22+,27-,29-,30-/m0/s1. The van der Waals surface area contributed by atoms with E-state index < -0.39 is 71.6 Å². The zero-order valence-electron chi connectivity index (χ0n) is 31.1. The van der Waals surface area contributed by atoms with Gasteiger partial charge in [-0.25, -0.2) is 9.97 Å². The summed E-state index contributed by atoms with van der Waals surface area (Å²) in [5.41, 5.74) is 13.9. The Labute approximate surface area is 327 Å². The Balaban J connectivity index is 1.34. The van der Waals surface area contributed by atoms with Crippen LogP contribution >= 0.6 is 11.6 Å². The highest BCUT2D eigenvalue weighted by Gasteiger charge is 2.33. The molecule has 5 amide bonds. The largest absolute Gasteiger partial charge is 0.415 e. The number of oxazole rings is 1. The van der Waals surface area contributed by atoms with E-state index in [-0.39, 0.29) is 30.1 Å². The summed E-state index contributed by atoms with van der Waals surface area (Å²) < 4.78 is 5.42. The van der Waals surface area contributed by atoms with E-state index >= 15 is 0 Å². The van der Waals surface area contributed by atoms with Crippen LogP contribution in [0.15, 0.2) is 71.3 Å². The highest BCUT2D eigenvalue weighted by molar-refractivity contribution is 6.30. The van der Waals surface area contributed by atoms with Crippen LogP contribution in [0, 0.1) is 0 Å². The lowest BCUT2D eigenvalue weighted by molar-refractivity contribution is -0.135. The molecule has 2 aromatic carbocycles. The number of nitrogens with zero attached hydrogens (tertiary/aromatic N) is 2. The van der Waals surface area contributed by atoms with Crippen LogP contribution in [0.5, 0.6) is 0 Å². The first-order chi connectivity index (χ1) is 26.7. The predicted molar refractivity (Wildman–Crippen MR) is 207 cm³/mol. The Hall–Kier alpha value is -5.75. The third kappa shape index (κ3) is 11.6. The Morgan fingerprint density at radius 1 is 0.750 bits per heavy atom. The van der Waals surface area contributed by atoms with Crippen LogP contribution in [-0.4, -0.2) is 99.8 Å². The lowest BCUT2D eigenvalue weighted by atomic mass is 10.0. The monoisotopic (exact) mass is 791 g/mol. The third-order valence-electron chi connectivity index (χ3n) is 8.71. The first-order valence-corrected chi connectivity index (χ1v) is 18.3. The zero-order valence-corrected chi connectivity index (χ0v) is 31.8. The number of benzene rings is 2. The highest BCUT2D eigenvalue weighted by Crippen LogP contribution is 2.22. The molecule has 0 fully saturated rings. The van der Waals surface area contributed by atoms with Gasteiger partial charge < -0.3 is 47.6 Å². The fourth-order valence-electron chi connectivity index (χ4n) is 5.46. The molecule has 0 saturated heterocycles. The maximum atomic E-state index is 13.3. The van der Waals surface area contributed by atoms with Gasteiger partial charge in [-0.1, -0.05) is 35.9 Å². The van der Waals surface area contributed by atoms with Crippen molar-refractivity contribution in [2.24, 2.45) is 11.5 Å². The number of fused-ring (bicyclic) bond motifs is 1. The van der Waals surface area contributed by atoms with Crippen LogP contribution in [0.3, 0.4) is 0 Å². The molecule has 4 rings (SSSR count). The van der Waals surface area contributed by atoms with Crippen LogP contribution < -0.4 is 38.1 Å². The second kappa shape index (κ2) is 20.2. The van der Waals surface area contributed by atoms with Gasteiger partial charge in [0.1, 0.15) is 29.7 Å². The summed E-state index contributed by atoms with van der Waals surface area (Å²) in [5.74, 6) is -4.68. The number of amides is 5. The van der Waals surface area contributed by atoms with Crippen molar-refractivity contribution in [2.45, 2.75) is 76.3 Å². The van der Waals surface area contributed by atoms with E-state index in [0.717, 1.165) is 11.1 Å². The van der Waals surface area contributed by atoms with Crippen molar-refractivity contribution in [3.63, 3.8) is 0 Å².